The van der Waals surface area contributed by atoms with Crippen LogP contribution in [0, 0.1) is 5.82 Å². The molecule has 1 aliphatic heterocycles. The number of nitrogens with zero attached hydrogens (tertiary/aromatic N) is 1. The van der Waals surface area contributed by atoms with Crippen molar-refractivity contribution in [3.05, 3.63) is 113 Å². The summed E-state index contributed by atoms with van der Waals surface area (Å²) in [6.07, 6.45) is 0. The van der Waals surface area contributed by atoms with E-state index in [1.165, 1.54) is 12.1 Å². The molecule has 0 bridgehead atoms. The zero-order valence-electron chi connectivity index (χ0n) is 19.2. The molecule has 5 rings (SSSR count). The van der Waals surface area contributed by atoms with E-state index >= 15 is 0 Å². The van der Waals surface area contributed by atoms with Crippen LogP contribution in [0.2, 0.25) is 0 Å². The van der Waals surface area contributed by atoms with Gasteiger partial charge in [0, 0.05) is 21.2 Å². The summed E-state index contributed by atoms with van der Waals surface area (Å²) < 4.78 is 15.1. The van der Waals surface area contributed by atoms with Gasteiger partial charge in [-0.1, -0.05) is 72.4 Å². The van der Waals surface area contributed by atoms with Gasteiger partial charge in [-0.15, -0.1) is 0 Å². The number of halogens is 2. The van der Waals surface area contributed by atoms with E-state index in [0.29, 0.717) is 15.8 Å². The van der Waals surface area contributed by atoms with Crippen molar-refractivity contribution >= 4 is 72.4 Å². The van der Waals surface area contributed by atoms with E-state index in [0.717, 1.165) is 22.5 Å². The lowest BCUT2D eigenvalue weighted by atomic mass is 10.1. The quantitative estimate of drug-likeness (QED) is 0.258. The van der Waals surface area contributed by atoms with E-state index in [1.54, 1.807) is 36.4 Å². The van der Waals surface area contributed by atoms with E-state index < -0.39 is 22.9 Å². The number of aliphatic imine (C=N–C) groups is 1. The molecular formula is C28H20BrFN4O2S. The summed E-state index contributed by atoms with van der Waals surface area (Å²) in [5.41, 5.74) is 7.68. The number of para-hydroxylation sites is 2. The number of nitrogens with one attached hydrogen (secondary N) is 2. The highest BCUT2D eigenvalue weighted by atomic mass is 79.9. The first-order chi connectivity index (χ1) is 17.9. The van der Waals surface area contributed by atoms with Gasteiger partial charge in [-0.05, 0) is 51.6 Å². The third kappa shape index (κ3) is 5.14. The van der Waals surface area contributed by atoms with Crippen molar-refractivity contribution in [2.45, 2.75) is 5.25 Å². The van der Waals surface area contributed by atoms with Crippen LogP contribution in [-0.2, 0) is 9.59 Å². The third-order valence-corrected chi connectivity index (χ3v) is 7.64. The molecule has 6 nitrogen and oxygen atoms in total. The lowest BCUT2D eigenvalue weighted by Gasteiger charge is -2.12. The maximum Gasteiger partial charge on any atom is 0.260 e. The summed E-state index contributed by atoms with van der Waals surface area (Å²) in [4.78, 5) is 31.2. The van der Waals surface area contributed by atoms with Crippen LogP contribution in [0.25, 0.3) is 10.8 Å². The fraction of sp³-hybridized carbons (Fsp3) is 0.0357. The fourth-order valence-electron chi connectivity index (χ4n) is 3.93. The summed E-state index contributed by atoms with van der Waals surface area (Å²) in [5.74, 6) is -1.51. The van der Waals surface area contributed by atoms with Crippen molar-refractivity contribution in [3.8, 4) is 0 Å². The molecular weight excluding hydrogens is 555 g/mol. The molecule has 0 radical (unpaired) electrons. The molecule has 2 amide bonds. The maximum atomic E-state index is 14.4. The number of hydrogen-bond donors (Lipinski definition) is 3. The molecule has 0 aliphatic carbocycles. The Hall–Kier alpha value is -3.95. The molecule has 184 valence electrons. The van der Waals surface area contributed by atoms with Crippen molar-refractivity contribution in [1.29, 1.82) is 0 Å². The molecule has 37 heavy (non-hydrogen) atoms. The first kappa shape index (κ1) is 24.7. The van der Waals surface area contributed by atoms with Gasteiger partial charge in [0.1, 0.15) is 21.8 Å². The zero-order valence-corrected chi connectivity index (χ0v) is 21.6. The van der Waals surface area contributed by atoms with Gasteiger partial charge in [0.15, 0.2) is 0 Å². The predicted molar refractivity (Wildman–Crippen MR) is 151 cm³/mol. The van der Waals surface area contributed by atoms with E-state index in [-0.39, 0.29) is 22.0 Å². The van der Waals surface area contributed by atoms with Gasteiger partial charge in [0.2, 0.25) is 5.91 Å². The molecule has 0 spiro atoms. The lowest BCUT2D eigenvalue weighted by Crippen LogP contribution is -2.29. The number of benzene rings is 4. The summed E-state index contributed by atoms with van der Waals surface area (Å²) in [6, 6.07) is 26.3. The second-order valence-corrected chi connectivity index (χ2v) is 10.1. The van der Waals surface area contributed by atoms with Gasteiger partial charge in [0.05, 0.1) is 11.3 Å². The van der Waals surface area contributed by atoms with E-state index in [2.05, 4.69) is 31.6 Å². The van der Waals surface area contributed by atoms with Crippen molar-refractivity contribution < 1.29 is 14.0 Å². The smallest absolute Gasteiger partial charge is 0.260 e. The van der Waals surface area contributed by atoms with E-state index in [4.69, 9.17) is 5.73 Å². The molecule has 1 heterocycles. The largest absolute Gasteiger partial charge is 0.400 e. The Balaban J connectivity index is 1.52. The minimum Gasteiger partial charge on any atom is -0.400 e. The van der Waals surface area contributed by atoms with Gasteiger partial charge in [-0.2, -0.15) is 0 Å². The van der Waals surface area contributed by atoms with E-state index in [1.807, 2.05) is 42.5 Å². The molecule has 1 atom stereocenters. The number of fused-ring (bicyclic) bond motifs is 1. The summed E-state index contributed by atoms with van der Waals surface area (Å²) in [6.45, 7) is 0. The van der Waals surface area contributed by atoms with Gasteiger partial charge >= 0.3 is 0 Å². The Bertz CT molecular complexity index is 1600. The number of rotatable bonds is 5. The molecule has 0 saturated carbocycles. The Kier molecular flexibility index (Phi) is 7.07. The van der Waals surface area contributed by atoms with Crippen LogP contribution in [0.1, 0.15) is 0 Å². The topological polar surface area (TPSA) is 96.6 Å². The van der Waals surface area contributed by atoms with Crippen LogP contribution in [0.5, 0.6) is 0 Å². The molecule has 1 aliphatic rings. The van der Waals surface area contributed by atoms with Crippen molar-refractivity contribution in [3.63, 3.8) is 0 Å². The second-order valence-electron chi connectivity index (χ2n) is 8.15. The summed E-state index contributed by atoms with van der Waals surface area (Å²) in [5, 5.41) is 6.75. The number of carbonyl (C=O) groups is 2. The third-order valence-electron chi connectivity index (χ3n) is 5.72. The second kappa shape index (κ2) is 10.6. The van der Waals surface area contributed by atoms with Crippen molar-refractivity contribution in [2.24, 2.45) is 10.7 Å². The fourth-order valence-corrected chi connectivity index (χ4v) is 5.42. The minimum atomic E-state index is -0.939. The van der Waals surface area contributed by atoms with Crippen LogP contribution < -0.4 is 16.4 Å². The Morgan fingerprint density at radius 2 is 1.54 bits per heavy atom. The molecule has 0 aromatic heterocycles. The highest BCUT2D eigenvalue weighted by molar-refractivity contribution is 9.10. The number of nitrogens with two attached hydrogens (primary N) is 1. The van der Waals surface area contributed by atoms with Crippen molar-refractivity contribution in [2.75, 3.05) is 10.6 Å². The monoisotopic (exact) mass is 574 g/mol. The molecule has 0 unspecified atom stereocenters. The molecule has 0 fully saturated rings. The SMILES string of the molecule is NC1=C(C(=O)Nc2cccc3ccccc23)C(=Nc2ccccc2F)S[C@H]1C(=O)Nc1ccccc1Br. The normalized spacial score (nSPS) is 16.3. The van der Waals surface area contributed by atoms with Crippen LogP contribution in [-0.4, -0.2) is 22.1 Å². The van der Waals surface area contributed by atoms with Gasteiger partial charge in [-0.25, -0.2) is 9.38 Å². The molecule has 4 aromatic carbocycles. The average Bonchev–Trinajstić information content (AvgIpc) is 3.22. The first-order valence-corrected chi connectivity index (χ1v) is 12.9. The minimum absolute atomic E-state index is 0.0356. The number of hydrogen-bond acceptors (Lipinski definition) is 5. The Morgan fingerprint density at radius 3 is 2.35 bits per heavy atom. The predicted octanol–water partition coefficient (Wildman–Crippen LogP) is 6.38. The number of carbonyl (C=O) groups excluding carboxylic acids is 2. The van der Waals surface area contributed by atoms with Gasteiger partial charge in [-0.3, -0.25) is 9.59 Å². The molecule has 4 aromatic rings. The van der Waals surface area contributed by atoms with Gasteiger partial charge in [0.25, 0.3) is 5.91 Å². The number of thioether (sulfide) groups is 1. The first-order valence-electron chi connectivity index (χ1n) is 11.3. The van der Waals surface area contributed by atoms with Crippen LogP contribution in [0.4, 0.5) is 21.5 Å². The van der Waals surface area contributed by atoms with Crippen molar-refractivity contribution in [1.82, 2.24) is 0 Å². The van der Waals surface area contributed by atoms with E-state index in [9.17, 15) is 14.0 Å². The summed E-state index contributed by atoms with van der Waals surface area (Å²) in [7, 11) is 0. The Labute approximate surface area is 225 Å². The number of anilines is 2. The zero-order chi connectivity index (χ0) is 25.9. The Morgan fingerprint density at radius 1 is 0.865 bits per heavy atom. The maximum absolute atomic E-state index is 14.4. The van der Waals surface area contributed by atoms with Crippen LogP contribution in [0.3, 0.4) is 0 Å². The molecule has 9 heteroatoms. The highest BCUT2D eigenvalue weighted by Gasteiger charge is 2.39. The molecule has 0 saturated heterocycles. The summed E-state index contributed by atoms with van der Waals surface area (Å²) >= 11 is 4.41. The van der Waals surface area contributed by atoms with Crippen LogP contribution >= 0.6 is 27.7 Å². The molecule has 4 N–H and O–H groups in total. The highest BCUT2D eigenvalue weighted by Crippen LogP contribution is 2.37. The van der Waals surface area contributed by atoms with Crippen LogP contribution in [0.15, 0.2) is 112 Å². The lowest BCUT2D eigenvalue weighted by molar-refractivity contribution is -0.115. The standard InChI is InChI=1S/C28H20BrFN4O2S/c29-18-11-3-5-13-21(18)33-27(36)25-24(31)23(28(37-25)34-22-14-6-4-12-19(22)30)26(35)32-20-15-7-9-16-8-1-2-10-17(16)20/h1-15,25H,31H2,(H,32,35)(H,33,36)/t25-/m1/s1. The van der Waals surface area contributed by atoms with Gasteiger partial charge < -0.3 is 16.4 Å². The number of amides is 2. The average molecular weight is 575 g/mol.